The molecule has 19 heavy (non-hydrogen) atoms. The summed E-state index contributed by atoms with van der Waals surface area (Å²) in [6.45, 7) is 2.10. The summed E-state index contributed by atoms with van der Waals surface area (Å²) in [7, 11) is 0. The van der Waals surface area contributed by atoms with E-state index >= 15 is 0 Å². The molecular weight excluding hydrogens is 287 g/mol. The second-order valence-electron chi connectivity index (χ2n) is 3.71. The molecule has 108 valence electrons. The van der Waals surface area contributed by atoms with Crippen molar-refractivity contribution in [1.29, 1.82) is 0 Å². The number of H-pyrrole nitrogens is 1. The molecule has 10 heteroatoms. The molecule has 0 aliphatic heterocycles. The predicted octanol–water partition coefficient (Wildman–Crippen LogP) is 1.34. The number of thioether (sulfide) groups is 1. The Hall–Kier alpha value is -1.45. The maximum atomic E-state index is 12.4. The molecule has 1 atom stereocenters. The second-order valence-corrected chi connectivity index (χ2v) is 4.69. The summed E-state index contributed by atoms with van der Waals surface area (Å²) in [4.78, 5) is 21.9. The number of carbonyl (C=O) groups is 1. The van der Waals surface area contributed by atoms with Crippen molar-refractivity contribution in [3.05, 3.63) is 10.5 Å². The molecule has 1 heterocycles. The highest BCUT2D eigenvalue weighted by atomic mass is 32.2. The van der Waals surface area contributed by atoms with Gasteiger partial charge in [0.2, 0.25) is 0 Å². The van der Waals surface area contributed by atoms with Gasteiger partial charge in [-0.25, -0.2) is 9.89 Å². The maximum absolute atomic E-state index is 12.4. The lowest BCUT2D eigenvalue weighted by Crippen LogP contribution is -2.32. The van der Waals surface area contributed by atoms with Crippen LogP contribution in [0.2, 0.25) is 0 Å². The minimum absolute atomic E-state index is 0.0577. The third-order valence-electron chi connectivity index (χ3n) is 2.24. The van der Waals surface area contributed by atoms with Crippen LogP contribution in [0.3, 0.4) is 0 Å². The lowest BCUT2D eigenvalue weighted by molar-refractivity contribution is -0.188. The molecule has 0 saturated heterocycles. The van der Waals surface area contributed by atoms with Gasteiger partial charge in [0.05, 0.1) is 0 Å². The number of aromatic nitrogens is 3. The summed E-state index contributed by atoms with van der Waals surface area (Å²) < 4.78 is 38.5. The Labute approximate surface area is 110 Å². The summed E-state index contributed by atoms with van der Waals surface area (Å²) in [6, 6.07) is 0. The fraction of sp³-hybridized carbons (Fsp3) is 0.667. The van der Waals surface area contributed by atoms with Crippen LogP contribution in [0.25, 0.3) is 0 Å². The zero-order valence-electron chi connectivity index (χ0n) is 9.90. The summed E-state index contributed by atoms with van der Waals surface area (Å²) in [6.07, 6.45) is -4.22. The van der Waals surface area contributed by atoms with Crippen molar-refractivity contribution in [2.24, 2.45) is 5.92 Å². The summed E-state index contributed by atoms with van der Waals surface area (Å²) in [5, 5.41) is 14.3. The Morgan fingerprint density at radius 2 is 2.21 bits per heavy atom. The Morgan fingerprint density at radius 1 is 1.58 bits per heavy atom. The average molecular weight is 299 g/mol. The molecule has 0 amide bonds. The summed E-state index contributed by atoms with van der Waals surface area (Å²) in [5.41, 5.74) is -0.525. The summed E-state index contributed by atoms with van der Waals surface area (Å²) in [5.74, 6) is -5.16. The van der Waals surface area contributed by atoms with Gasteiger partial charge < -0.3 is 5.11 Å². The normalized spacial score (nSPS) is 13.5. The van der Waals surface area contributed by atoms with Gasteiger partial charge in [-0.3, -0.25) is 9.36 Å². The fourth-order valence-electron chi connectivity index (χ4n) is 1.30. The van der Waals surface area contributed by atoms with Gasteiger partial charge in [0.25, 0.3) is 0 Å². The molecule has 1 unspecified atom stereocenters. The van der Waals surface area contributed by atoms with E-state index in [1.807, 2.05) is 0 Å². The number of hydrogen-bond acceptors (Lipinski definition) is 4. The molecule has 0 aliphatic rings. The zero-order valence-corrected chi connectivity index (χ0v) is 10.7. The van der Waals surface area contributed by atoms with Gasteiger partial charge in [-0.15, -0.1) is 5.10 Å². The van der Waals surface area contributed by atoms with E-state index in [0.717, 1.165) is 0 Å². The van der Waals surface area contributed by atoms with Crippen LogP contribution in [-0.2, 0) is 11.3 Å². The first kappa shape index (κ1) is 15.6. The number of aromatic amines is 1. The highest BCUT2D eigenvalue weighted by Crippen LogP contribution is 2.31. The Kier molecular flexibility index (Phi) is 5.04. The lowest BCUT2D eigenvalue weighted by atomic mass is 10.2. The van der Waals surface area contributed by atoms with Gasteiger partial charge in [0.1, 0.15) is 0 Å². The van der Waals surface area contributed by atoms with Crippen LogP contribution >= 0.6 is 11.8 Å². The largest absolute Gasteiger partial charge is 0.481 e. The van der Waals surface area contributed by atoms with Crippen LogP contribution in [-0.4, -0.2) is 37.8 Å². The molecule has 0 spiro atoms. The fourth-order valence-corrected chi connectivity index (χ4v) is 2.39. The van der Waals surface area contributed by atoms with Gasteiger partial charge in [0.15, 0.2) is 11.1 Å². The number of carboxylic acids is 1. The molecule has 0 aliphatic carbocycles. The minimum Gasteiger partial charge on any atom is -0.481 e. The van der Waals surface area contributed by atoms with Crippen molar-refractivity contribution < 1.29 is 23.1 Å². The molecule has 0 bridgehead atoms. The molecule has 0 fully saturated rings. The average Bonchev–Trinajstić information content (AvgIpc) is 2.60. The SMILES string of the molecule is CCCn1c(SCC(C(=O)O)C(F)(F)F)n[nH]c1=O. The number of alkyl halides is 3. The van der Waals surface area contributed by atoms with Crippen LogP contribution in [0.15, 0.2) is 9.95 Å². The van der Waals surface area contributed by atoms with E-state index < -0.39 is 29.5 Å². The first-order valence-corrected chi connectivity index (χ1v) is 6.33. The number of aliphatic carboxylic acids is 1. The standard InChI is InChI=1S/C9H12F3N3O3S/c1-2-3-15-7(18)13-14-8(15)19-4-5(6(16)17)9(10,11)12/h5H,2-4H2,1H3,(H,13,18)(H,16,17). The number of rotatable bonds is 6. The third kappa shape index (κ3) is 4.01. The van der Waals surface area contributed by atoms with Gasteiger partial charge >= 0.3 is 17.8 Å². The third-order valence-corrected chi connectivity index (χ3v) is 3.31. The minimum atomic E-state index is -4.83. The van der Waals surface area contributed by atoms with Crippen molar-refractivity contribution in [2.75, 3.05) is 5.75 Å². The number of nitrogens with zero attached hydrogens (tertiary/aromatic N) is 2. The van der Waals surface area contributed by atoms with Crippen molar-refractivity contribution in [3.8, 4) is 0 Å². The van der Waals surface area contributed by atoms with E-state index in [-0.39, 0.29) is 5.16 Å². The Bertz CT molecular complexity index is 497. The van der Waals surface area contributed by atoms with Crippen LogP contribution in [0.4, 0.5) is 13.2 Å². The van der Waals surface area contributed by atoms with Crippen LogP contribution in [0.1, 0.15) is 13.3 Å². The van der Waals surface area contributed by atoms with Crippen molar-refractivity contribution in [2.45, 2.75) is 31.2 Å². The van der Waals surface area contributed by atoms with E-state index in [9.17, 15) is 22.8 Å². The molecule has 6 nitrogen and oxygen atoms in total. The monoisotopic (exact) mass is 299 g/mol. The molecular formula is C9H12F3N3O3S. The molecule has 2 N–H and O–H groups in total. The van der Waals surface area contributed by atoms with Crippen molar-refractivity contribution in [3.63, 3.8) is 0 Å². The first-order valence-electron chi connectivity index (χ1n) is 5.34. The quantitative estimate of drug-likeness (QED) is 0.774. The van der Waals surface area contributed by atoms with E-state index in [2.05, 4.69) is 10.2 Å². The smallest absolute Gasteiger partial charge is 0.403 e. The topological polar surface area (TPSA) is 88.0 Å². The number of hydrogen-bond donors (Lipinski definition) is 2. The molecule has 0 aromatic carbocycles. The highest BCUT2D eigenvalue weighted by Gasteiger charge is 2.45. The number of carboxylic acid groups (broad SMARTS) is 1. The highest BCUT2D eigenvalue weighted by molar-refractivity contribution is 7.99. The zero-order chi connectivity index (χ0) is 14.6. The number of halogens is 3. The second kappa shape index (κ2) is 6.13. The molecule has 1 rings (SSSR count). The van der Waals surface area contributed by atoms with Crippen LogP contribution in [0.5, 0.6) is 0 Å². The first-order chi connectivity index (χ1) is 8.77. The molecule has 1 aromatic heterocycles. The van der Waals surface area contributed by atoms with E-state index in [4.69, 9.17) is 5.11 Å². The number of nitrogens with one attached hydrogen (secondary N) is 1. The molecule has 1 aromatic rings. The molecule has 0 radical (unpaired) electrons. The van der Waals surface area contributed by atoms with E-state index in [0.29, 0.717) is 24.7 Å². The van der Waals surface area contributed by atoms with Gasteiger partial charge in [-0.1, -0.05) is 18.7 Å². The van der Waals surface area contributed by atoms with Crippen molar-refractivity contribution in [1.82, 2.24) is 14.8 Å². The van der Waals surface area contributed by atoms with Crippen LogP contribution < -0.4 is 5.69 Å². The predicted molar refractivity (Wildman–Crippen MR) is 61.0 cm³/mol. The van der Waals surface area contributed by atoms with E-state index in [1.54, 1.807) is 6.92 Å². The molecule has 0 saturated carbocycles. The Morgan fingerprint density at radius 3 is 2.68 bits per heavy atom. The van der Waals surface area contributed by atoms with Crippen LogP contribution in [0, 0.1) is 5.92 Å². The van der Waals surface area contributed by atoms with Gasteiger partial charge in [-0.2, -0.15) is 13.2 Å². The Balaban J connectivity index is 2.81. The van der Waals surface area contributed by atoms with E-state index in [1.165, 1.54) is 4.57 Å². The van der Waals surface area contributed by atoms with Gasteiger partial charge in [-0.05, 0) is 6.42 Å². The van der Waals surface area contributed by atoms with Crippen molar-refractivity contribution >= 4 is 17.7 Å². The summed E-state index contributed by atoms with van der Waals surface area (Å²) >= 11 is 0.591. The lowest BCUT2D eigenvalue weighted by Gasteiger charge is -2.15. The van der Waals surface area contributed by atoms with Gasteiger partial charge in [0, 0.05) is 12.3 Å². The maximum Gasteiger partial charge on any atom is 0.403 e.